The molecule has 1 aliphatic heterocycles. The summed E-state index contributed by atoms with van der Waals surface area (Å²) in [6, 6.07) is 13.5. The lowest BCUT2D eigenvalue weighted by Crippen LogP contribution is -2.49. The lowest BCUT2D eigenvalue weighted by Gasteiger charge is -2.36. The number of anilines is 2. The number of nitrogens with one attached hydrogen (secondary N) is 1. The molecule has 1 aliphatic rings. The molecule has 26 heavy (non-hydrogen) atoms. The number of esters is 1. The Balaban J connectivity index is 1.72. The van der Waals surface area contributed by atoms with Crippen LogP contribution in [0.1, 0.15) is 12.5 Å². The molecule has 7 nitrogen and oxygen atoms in total. The van der Waals surface area contributed by atoms with Gasteiger partial charge in [-0.15, -0.1) is 0 Å². The first-order valence-electron chi connectivity index (χ1n) is 8.64. The van der Waals surface area contributed by atoms with Crippen molar-refractivity contribution in [2.24, 2.45) is 0 Å². The number of aromatic nitrogens is 1. The van der Waals surface area contributed by atoms with Gasteiger partial charge in [0.25, 0.3) is 0 Å². The van der Waals surface area contributed by atoms with Gasteiger partial charge in [-0.2, -0.15) is 0 Å². The molecule has 1 N–H and O–H groups in total. The highest BCUT2D eigenvalue weighted by atomic mass is 16.5. The topological polar surface area (TPSA) is 74.8 Å². The van der Waals surface area contributed by atoms with Gasteiger partial charge >= 0.3 is 12.0 Å². The van der Waals surface area contributed by atoms with Crippen LogP contribution in [0.25, 0.3) is 0 Å². The Bertz CT molecular complexity index is 766. The number of pyridine rings is 1. The van der Waals surface area contributed by atoms with Crippen LogP contribution < -0.4 is 15.1 Å². The fourth-order valence-corrected chi connectivity index (χ4v) is 2.91. The van der Waals surface area contributed by atoms with Crippen LogP contribution in [0.3, 0.4) is 0 Å². The third-order valence-electron chi connectivity index (χ3n) is 4.10. The SMILES string of the molecule is CCOC(=O)CNC(=O)N1CCN(Cc2ccccc2)c2ncccc21. The summed E-state index contributed by atoms with van der Waals surface area (Å²) in [7, 11) is 0. The number of fused-ring (bicyclic) bond motifs is 1. The molecule has 0 saturated heterocycles. The summed E-state index contributed by atoms with van der Waals surface area (Å²) in [6.45, 7) is 3.77. The second-order valence-corrected chi connectivity index (χ2v) is 5.87. The van der Waals surface area contributed by atoms with Crippen molar-refractivity contribution in [1.82, 2.24) is 10.3 Å². The van der Waals surface area contributed by atoms with Gasteiger partial charge in [-0.05, 0) is 24.6 Å². The second-order valence-electron chi connectivity index (χ2n) is 5.87. The lowest BCUT2D eigenvalue weighted by atomic mass is 10.2. The van der Waals surface area contributed by atoms with E-state index in [4.69, 9.17) is 4.74 Å². The van der Waals surface area contributed by atoms with Crippen molar-refractivity contribution in [3.8, 4) is 0 Å². The zero-order valence-electron chi connectivity index (χ0n) is 14.7. The van der Waals surface area contributed by atoms with Gasteiger partial charge in [-0.25, -0.2) is 9.78 Å². The highest BCUT2D eigenvalue weighted by Gasteiger charge is 2.28. The Hall–Kier alpha value is -3.09. The minimum absolute atomic E-state index is 0.146. The number of carbonyl (C=O) groups is 2. The molecule has 1 aromatic carbocycles. The van der Waals surface area contributed by atoms with Crippen LogP contribution >= 0.6 is 0 Å². The van der Waals surface area contributed by atoms with Crippen molar-refractivity contribution >= 4 is 23.5 Å². The van der Waals surface area contributed by atoms with Crippen LogP contribution in [0.2, 0.25) is 0 Å². The Kier molecular flexibility index (Phi) is 5.68. The number of benzene rings is 1. The molecule has 0 aliphatic carbocycles. The predicted molar refractivity (Wildman–Crippen MR) is 99.1 cm³/mol. The van der Waals surface area contributed by atoms with E-state index in [1.54, 1.807) is 24.1 Å². The van der Waals surface area contributed by atoms with Crippen LogP contribution in [0, 0.1) is 0 Å². The average molecular weight is 354 g/mol. The lowest BCUT2D eigenvalue weighted by molar-refractivity contribution is -0.141. The van der Waals surface area contributed by atoms with E-state index in [-0.39, 0.29) is 12.6 Å². The molecule has 0 radical (unpaired) electrons. The van der Waals surface area contributed by atoms with Gasteiger partial charge in [0.1, 0.15) is 6.54 Å². The van der Waals surface area contributed by atoms with E-state index < -0.39 is 5.97 Å². The summed E-state index contributed by atoms with van der Waals surface area (Å²) in [5, 5.41) is 2.61. The van der Waals surface area contributed by atoms with Gasteiger partial charge in [-0.1, -0.05) is 30.3 Å². The molecular weight excluding hydrogens is 332 g/mol. The first kappa shape index (κ1) is 17.7. The summed E-state index contributed by atoms with van der Waals surface area (Å²) in [6.07, 6.45) is 1.72. The van der Waals surface area contributed by atoms with Gasteiger partial charge in [-0.3, -0.25) is 9.69 Å². The van der Waals surface area contributed by atoms with Gasteiger partial charge in [0, 0.05) is 25.8 Å². The van der Waals surface area contributed by atoms with Crippen molar-refractivity contribution in [1.29, 1.82) is 0 Å². The first-order chi connectivity index (χ1) is 12.7. The molecule has 0 atom stereocenters. The number of hydrogen-bond acceptors (Lipinski definition) is 5. The zero-order chi connectivity index (χ0) is 18.4. The summed E-state index contributed by atoms with van der Waals surface area (Å²) < 4.78 is 4.84. The van der Waals surface area contributed by atoms with Crippen LogP contribution in [-0.4, -0.2) is 43.2 Å². The number of rotatable bonds is 5. The standard InChI is InChI=1S/C19H22N4O3/c1-2-26-17(24)13-21-19(25)23-12-11-22(14-15-7-4-3-5-8-15)18-16(23)9-6-10-20-18/h3-10H,2,11-14H2,1H3,(H,21,25). The number of carbonyl (C=O) groups excluding carboxylic acids is 2. The van der Waals surface area contributed by atoms with Crippen molar-refractivity contribution < 1.29 is 14.3 Å². The summed E-state index contributed by atoms with van der Waals surface area (Å²) in [5.41, 5.74) is 1.92. The molecule has 1 aromatic heterocycles. The maximum Gasteiger partial charge on any atom is 0.325 e. The van der Waals surface area contributed by atoms with E-state index in [9.17, 15) is 9.59 Å². The Morgan fingerprint density at radius 3 is 2.73 bits per heavy atom. The Morgan fingerprint density at radius 1 is 1.15 bits per heavy atom. The number of ether oxygens (including phenoxy) is 1. The third-order valence-corrected chi connectivity index (χ3v) is 4.10. The average Bonchev–Trinajstić information content (AvgIpc) is 2.67. The summed E-state index contributed by atoms with van der Waals surface area (Å²) in [4.78, 5) is 32.2. The molecule has 0 saturated carbocycles. The third kappa shape index (κ3) is 4.11. The fourth-order valence-electron chi connectivity index (χ4n) is 2.91. The smallest absolute Gasteiger partial charge is 0.325 e. The minimum Gasteiger partial charge on any atom is -0.465 e. The van der Waals surface area contributed by atoms with Crippen molar-refractivity contribution in [2.45, 2.75) is 13.5 Å². The van der Waals surface area contributed by atoms with Crippen LogP contribution in [-0.2, 0) is 16.1 Å². The molecule has 3 rings (SSSR count). The quantitative estimate of drug-likeness (QED) is 0.833. The molecule has 0 spiro atoms. The molecule has 136 valence electrons. The minimum atomic E-state index is -0.449. The Labute approximate surface area is 152 Å². The number of amides is 2. The van der Waals surface area contributed by atoms with E-state index in [1.165, 1.54) is 5.56 Å². The fraction of sp³-hybridized carbons (Fsp3) is 0.316. The zero-order valence-corrected chi connectivity index (χ0v) is 14.7. The molecule has 2 aromatic rings. The molecular formula is C19H22N4O3. The molecule has 2 heterocycles. The van der Waals surface area contributed by atoms with Crippen LogP contribution in [0.5, 0.6) is 0 Å². The van der Waals surface area contributed by atoms with E-state index in [2.05, 4.69) is 27.3 Å². The van der Waals surface area contributed by atoms with Gasteiger partial charge in [0.2, 0.25) is 0 Å². The van der Waals surface area contributed by atoms with Gasteiger partial charge in [0.15, 0.2) is 5.82 Å². The first-order valence-corrected chi connectivity index (χ1v) is 8.64. The van der Waals surface area contributed by atoms with Crippen LogP contribution in [0.4, 0.5) is 16.3 Å². The van der Waals surface area contributed by atoms with Crippen molar-refractivity contribution in [2.75, 3.05) is 36.0 Å². The maximum atomic E-state index is 12.5. The number of urea groups is 1. The van der Waals surface area contributed by atoms with Crippen LogP contribution in [0.15, 0.2) is 48.7 Å². The number of nitrogens with zero attached hydrogens (tertiary/aromatic N) is 3. The molecule has 0 unspecified atom stereocenters. The van der Waals surface area contributed by atoms with E-state index in [1.807, 2.05) is 24.3 Å². The monoisotopic (exact) mass is 354 g/mol. The van der Waals surface area contributed by atoms with E-state index >= 15 is 0 Å². The number of hydrogen-bond donors (Lipinski definition) is 1. The molecule has 0 fully saturated rings. The highest BCUT2D eigenvalue weighted by molar-refractivity contribution is 5.97. The largest absolute Gasteiger partial charge is 0.465 e. The van der Waals surface area contributed by atoms with Crippen molar-refractivity contribution in [3.05, 3.63) is 54.2 Å². The highest BCUT2D eigenvalue weighted by Crippen LogP contribution is 2.31. The summed E-state index contributed by atoms with van der Waals surface area (Å²) >= 11 is 0. The molecule has 7 heteroatoms. The predicted octanol–water partition coefficient (Wildman–Crippen LogP) is 2.18. The normalized spacial score (nSPS) is 13.1. The molecule has 0 bridgehead atoms. The van der Waals surface area contributed by atoms with E-state index in [0.717, 1.165) is 18.1 Å². The summed E-state index contributed by atoms with van der Waals surface area (Å²) in [5.74, 6) is 0.309. The maximum absolute atomic E-state index is 12.5. The van der Waals surface area contributed by atoms with Gasteiger partial charge < -0.3 is 15.0 Å². The van der Waals surface area contributed by atoms with Gasteiger partial charge in [0.05, 0.1) is 12.3 Å². The second kappa shape index (κ2) is 8.33. The Morgan fingerprint density at radius 2 is 1.96 bits per heavy atom. The molecule has 2 amide bonds. The van der Waals surface area contributed by atoms with Crippen molar-refractivity contribution in [3.63, 3.8) is 0 Å². The van der Waals surface area contributed by atoms with E-state index in [0.29, 0.717) is 19.7 Å².